The maximum atomic E-state index is 12.7. The molecule has 0 aliphatic carbocycles. The van der Waals surface area contributed by atoms with Gasteiger partial charge in [-0.2, -0.15) is 0 Å². The molecule has 0 saturated carbocycles. The maximum absolute atomic E-state index is 12.7. The van der Waals surface area contributed by atoms with Crippen molar-refractivity contribution in [1.29, 1.82) is 0 Å². The van der Waals surface area contributed by atoms with Gasteiger partial charge in [-0.15, -0.1) is 0 Å². The standard InChI is InChI=1S/C21H40N4O6S/c1-13(2)12-16(10-11-32(9,29)30)23-18(26)15(5)22-19(27)17(14(3)4)24-25-20(28)31-21(6,7)8/h10-11,13-17,24H,12H2,1-9H3,(H,22,27)(H,23,26)(H,25,28)/b11-10+/t15-,16+,17-/m0/s1. The molecule has 0 heterocycles. The van der Waals surface area contributed by atoms with Crippen LogP contribution in [0.15, 0.2) is 11.5 Å². The first-order chi connectivity index (χ1) is 14.4. The molecule has 186 valence electrons. The smallest absolute Gasteiger partial charge is 0.422 e. The summed E-state index contributed by atoms with van der Waals surface area (Å²) >= 11 is 0. The Labute approximate surface area is 192 Å². The first-order valence-corrected chi connectivity index (χ1v) is 12.6. The van der Waals surface area contributed by atoms with Gasteiger partial charge in [-0.1, -0.05) is 33.8 Å². The van der Waals surface area contributed by atoms with Gasteiger partial charge in [0.2, 0.25) is 11.8 Å². The molecule has 0 radical (unpaired) electrons. The SMILES string of the molecule is CC(C)C[C@@H](/C=C/S(C)(=O)=O)NC(=O)[C@H](C)NC(=O)[C@@H](NNC(=O)OC(C)(C)C)C(C)C. The number of ether oxygens (including phenoxy) is 1. The summed E-state index contributed by atoms with van der Waals surface area (Å²) < 4.78 is 27.9. The van der Waals surface area contributed by atoms with Crippen LogP contribution in [-0.2, 0) is 24.2 Å². The molecule has 3 amide bonds. The lowest BCUT2D eigenvalue weighted by molar-refractivity contribution is -0.130. The Morgan fingerprint density at radius 3 is 1.97 bits per heavy atom. The number of rotatable bonds is 11. The van der Waals surface area contributed by atoms with E-state index in [0.717, 1.165) is 11.7 Å². The number of hydrogen-bond acceptors (Lipinski definition) is 7. The lowest BCUT2D eigenvalue weighted by Crippen LogP contribution is -2.58. The summed E-state index contributed by atoms with van der Waals surface area (Å²) in [5.41, 5.74) is 4.30. The van der Waals surface area contributed by atoms with Gasteiger partial charge in [0.15, 0.2) is 9.84 Å². The number of amides is 3. The number of carbonyl (C=O) groups excluding carboxylic acids is 3. The van der Waals surface area contributed by atoms with E-state index in [1.165, 1.54) is 13.0 Å². The second-order valence-corrected chi connectivity index (χ2v) is 11.6. The van der Waals surface area contributed by atoms with Crippen molar-refractivity contribution in [3.05, 3.63) is 11.5 Å². The Bertz CT molecular complexity index is 772. The molecule has 10 nitrogen and oxygen atoms in total. The van der Waals surface area contributed by atoms with Crippen LogP contribution in [0.1, 0.15) is 61.8 Å². The quantitative estimate of drug-likeness (QED) is 0.332. The Hall–Kier alpha value is -2.14. The van der Waals surface area contributed by atoms with Crippen LogP contribution < -0.4 is 21.5 Å². The summed E-state index contributed by atoms with van der Waals surface area (Å²) in [4.78, 5) is 37.1. The third-order valence-corrected chi connectivity index (χ3v) is 4.69. The Balaban J connectivity index is 5.05. The maximum Gasteiger partial charge on any atom is 0.422 e. The molecule has 0 spiro atoms. The van der Waals surface area contributed by atoms with E-state index in [1.807, 2.05) is 13.8 Å². The predicted octanol–water partition coefficient (Wildman–Crippen LogP) is 1.63. The highest BCUT2D eigenvalue weighted by Crippen LogP contribution is 2.08. The molecule has 0 bridgehead atoms. The van der Waals surface area contributed by atoms with Crippen LogP contribution in [0.3, 0.4) is 0 Å². The predicted molar refractivity (Wildman–Crippen MR) is 124 cm³/mol. The molecule has 0 aromatic rings. The van der Waals surface area contributed by atoms with Gasteiger partial charge in [0.05, 0.1) is 0 Å². The molecule has 11 heteroatoms. The molecule has 0 aromatic carbocycles. The molecule has 0 rings (SSSR count). The van der Waals surface area contributed by atoms with E-state index in [2.05, 4.69) is 21.5 Å². The topological polar surface area (TPSA) is 143 Å². The second kappa shape index (κ2) is 12.8. The number of nitrogens with one attached hydrogen (secondary N) is 4. The van der Waals surface area contributed by atoms with Crippen molar-refractivity contribution in [3.63, 3.8) is 0 Å². The highest BCUT2D eigenvalue weighted by atomic mass is 32.2. The van der Waals surface area contributed by atoms with Gasteiger partial charge in [-0.3, -0.25) is 15.0 Å². The fourth-order valence-electron chi connectivity index (χ4n) is 2.58. The normalized spacial score (nSPS) is 15.3. The van der Waals surface area contributed by atoms with E-state index < -0.39 is 51.5 Å². The molecular weight excluding hydrogens is 436 g/mol. The van der Waals surface area contributed by atoms with E-state index in [4.69, 9.17) is 4.74 Å². The summed E-state index contributed by atoms with van der Waals surface area (Å²) in [6, 6.07) is -2.19. The monoisotopic (exact) mass is 476 g/mol. The fraction of sp³-hybridized carbons (Fsp3) is 0.762. The lowest BCUT2D eigenvalue weighted by atomic mass is 10.0. The first-order valence-electron chi connectivity index (χ1n) is 10.6. The fourth-order valence-corrected chi connectivity index (χ4v) is 3.06. The van der Waals surface area contributed by atoms with Crippen LogP contribution >= 0.6 is 0 Å². The number of carbonyl (C=O) groups is 3. The molecular formula is C21H40N4O6S. The summed E-state index contributed by atoms with van der Waals surface area (Å²) in [6.07, 6.45) is 2.32. The largest absolute Gasteiger partial charge is 0.443 e. The van der Waals surface area contributed by atoms with Gasteiger partial charge >= 0.3 is 6.09 Å². The lowest BCUT2D eigenvalue weighted by Gasteiger charge is -2.26. The van der Waals surface area contributed by atoms with Gasteiger partial charge < -0.3 is 15.4 Å². The zero-order valence-corrected chi connectivity index (χ0v) is 21.4. The van der Waals surface area contributed by atoms with Gasteiger partial charge in [-0.05, 0) is 46.0 Å². The minimum Gasteiger partial charge on any atom is -0.443 e. The van der Waals surface area contributed by atoms with Crippen LogP contribution in [0.5, 0.6) is 0 Å². The van der Waals surface area contributed by atoms with E-state index in [9.17, 15) is 22.8 Å². The highest BCUT2D eigenvalue weighted by Gasteiger charge is 2.27. The molecule has 0 fully saturated rings. The zero-order valence-electron chi connectivity index (χ0n) is 20.6. The minimum absolute atomic E-state index is 0.202. The van der Waals surface area contributed by atoms with Gasteiger partial charge in [0.25, 0.3) is 0 Å². The zero-order chi connectivity index (χ0) is 25.3. The van der Waals surface area contributed by atoms with Crippen molar-refractivity contribution in [2.75, 3.05) is 6.26 Å². The van der Waals surface area contributed by atoms with Crippen LogP contribution in [0.4, 0.5) is 4.79 Å². The van der Waals surface area contributed by atoms with Crippen molar-refractivity contribution in [3.8, 4) is 0 Å². The van der Waals surface area contributed by atoms with Gasteiger partial charge in [0, 0.05) is 17.7 Å². The first kappa shape index (κ1) is 29.9. The summed E-state index contributed by atoms with van der Waals surface area (Å²) in [7, 11) is -3.33. The van der Waals surface area contributed by atoms with Crippen LogP contribution in [0.25, 0.3) is 0 Å². The molecule has 0 unspecified atom stereocenters. The van der Waals surface area contributed by atoms with Crippen molar-refractivity contribution < 1.29 is 27.5 Å². The molecule has 32 heavy (non-hydrogen) atoms. The molecule has 0 saturated heterocycles. The third-order valence-electron chi connectivity index (χ3n) is 4.04. The summed E-state index contributed by atoms with van der Waals surface area (Å²) in [5, 5.41) is 6.43. The average molecular weight is 477 g/mol. The third kappa shape index (κ3) is 14.0. The minimum atomic E-state index is -3.33. The molecule has 0 aliphatic heterocycles. The van der Waals surface area contributed by atoms with E-state index in [1.54, 1.807) is 34.6 Å². The Morgan fingerprint density at radius 2 is 1.53 bits per heavy atom. The molecule has 4 N–H and O–H groups in total. The van der Waals surface area contributed by atoms with Crippen molar-refractivity contribution in [1.82, 2.24) is 21.5 Å². The number of sulfone groups is 1. The highest BCUT2D eigenvalue weighted by molar-refractivity contribution is 7.93. The average Bonchev–Trinajstić information content (AvgIpc) is 2.56. The number of hydrazine groups is 1. The summed E-state index contributed by atoms with van der Waals surface area (Å²) in [6.45, 7) is 14.2. The van der Waals surface area contributed by atoms with Gasteiger partial charge in [0.1, 0.15) is 17.7 Å². The summed E-state index contributed by atoms with van der Waals surface area (Å²) in [5.74, 6) is -0.926. The van der Waals surface area contributed by atoms with Crippen molar-refractivity contribution >= 4 is 27.7 Å². The molecule has 0 aromatic heterocycles. The van der Waals surface area contributed by atoms with Crippen LogP contribution in [0, 0.1) is 11.8 Å². The second-order valence-electron chi connectivity index (χ2n) is 9.63. The molecule has 3 atom stereocenters. The number of hydrogen-bond donors (Lipinski definition) is 4. The van der Waals surface area contributed by atoms with E-state index >= 15 is 0 Å². The molecule has 0 aliphatic rings. The van der Waals surface area contributed by atoms with Crippen LogP contribution in [-0.4, -0.2) is 56.3 Å². The Morgan fingerprint density at radius 1 is 0.969 bits per heavy atom. The van der Waals surface area contributed by atoms with E-state index in [-0.39, 0.29) is 11.8 Å². The van der Waals surface area contributed by atoms with Crippen molar-refractivity contribution in [2.24, 2.45) is 11.8 Å². The van der Waals surface area contributed by atoms with Crippen molar-refractivity contribution in [2.45, 2.75) is 85.5 Å². The van der Waals surface area contributed by atoms with Gasteiger partial charge in [-0.25, -0.2) is 18.6 Å². The van der Waals surface area contributed by atoms with Crippen LogP contribution in [0.2, 0.25) is 0 Å². The Kier molecular flexibility index (Phi) is 11.9. The van der Waals surface area contributed by atoms with E-state index in [0.29, 0.717) is 6.42 Å².